The van der Waals surface area contributed by atoms with E-state index < -0.39 is 12.0 Å². The number of hydrogen-bond donors (Lipinski definition) is 2. The molecular weight excluding hydrogens is 228 g/mol. The molecule has 0 fully saturated rings. The fourth-order valence-electron chi connectivity index (χ4n) is 1.08. The van der Waals surface area contributed by atoms with E-state index in [-0.39, 0.29) is 5.91 Å². The second kappa shape index (κ2) is 5.09. The van der Waals surface area contributed by atoms with Crippen molar-refractivity contribution in [3.05, 3.63) is 15.8 Å². The minimum absolute atomic E-state index is 0.327. The molecular formula is C10H14N2O3S. The molecule has 88 valence electrons. The van der Waals surface area contributed by atoms with Crippen LogP contribution in [-0.2, 0) is 9.53 Å². The van der Waals surface area contributed by atoms with E-state index in [1.807, 2.05) is 0 Å². The van der Waals surface area contributed by atoms with Crippen LogP contribution in [0.4, 0.5) is 5.69 Å². The van der Waals surface area contributed by atoms with Crippen LogP contribution < -0.4 is 11.1 Å². The Bertz CT molecular complexity index is 412. The van der Waals surface area contributed by atoms with Gasteiger partial charge in [-0.05, 0) is 24.8 Å². The molecule has 0 aliphatic rings. The summed E-state index contributed by atoms with van der Waals surface area (Å²) in [5.41, 5.74) is 6.74. The minimum atomic E-state index is -0.621. The van der Waals surface area contributed by atoms with Gasteiger partial charge in [-0.2, -0.15) is 0 Å². The molecule has 0 aliphatic carbocycles. The third-order valence-corrected chi connectivity index (χ3v) is 3.09. The molecule has 0 aromatic carbocycles. The van der Waals surface area contributed by atoms with Gasteiger partial charge in [-0.15, -0.1) is 11.3 Å². The van der Waals surface area contributed by atoms with Crippen LogP contribution in [0.25, 0.3) is 0 Å². The zero-order chi connectivity index (χ0) is 12.3. The molecule has 0 spiro atoms. The number of aryl methyl sites for hydroxylation is 1. The van der Waals surface area contributed by atoms with E-state index in [4.69, 9.17) is 5.73 Å². The number of amides is 1. The smallest absolute Gasteiger partial charge is 0.350 e. The maximum Gasteiger partial charge on any atom is 0.350 e. The summed E-state index contributed by atoms with van der Waals surface area (Å²) in [5.74, 6) is -0.787. The molecule has 1 heterocycles. The molecule has 6 heteroatoms. The van der Waals surface area contributed by atoms with Gasteiger partial charge in [-0.3, -0.25) is 4.79 Å². The Kier molecular flexibility index (Phi) is 4.03. The average molecular weight is 242 g/mol. The van der Waals surface area contributed by atoms with Crippen LogP contribution in [0.1, 0.15) is 22.2 Å². The number of carbonyl (C=O) groups excluding carboxylic acids is 2. The van der Waals surface area contributed by atoms with Crippen molar-refractivity contribution in [3.8, 4) is 0 Å². The van der Waals surface area contributed by atoms with Crippen molar-refractivity contribution >= 4 is 28.9 Å². The molecule has 5 nitrogen and oxygen atoms in total. The molecule has 1 atom stereocenters. The SMILES string of the molecule is COC(=O)c1scc(C)c1NC(=O)C(C)N. The van der Waals surface area contributed by atoms with Crippen molar-refractivity contribution in [2.45, 2.75) is 19.9 Å². The lowest BCUT2D eigenvalue weighted by Gasteiger charge is -2.09. The van der Waals surface area contributed by atoms with Crippen LogP contribution in [0.15, 0.2) is 5.38 Å². The van der Waals surface area contributed by atoms with E-state index in [2.05, 4.69) is 10.1 Å². The lowest BCUT2D eigenvalue weighted by atomic mass is 10.2. The predicted molar refractivity (Wildman–Crippen MR) is 62.7 cm³/mol. The molecule has 1 unspecified atom stereocenters. The van der Waals surface area contributed by atoms with Crippen molar-refractivity contribution in [3.63, 3.8) is 0 Å². The van der Waals surface area contributed by atoms with Gasteiger partial charge in [0.15, 0.2) is 0 Å². The Labute approximate surface area is 97.6 Å². The van der Waals surface area contributed by atoms with E-state index >= 15 is 0 Å². The molecule has 0 aliphatic heterocycles. The summed E-state index contributed by atoms with van der Waals surface area (Å²) in [6.07, 6.45) is 0. The first-order valence-electron chi connectivity index (χ1n) is 4.70. The van der Waals surface area contributed by atoms with Gasteiger partial charge in [0.1, 0.15) is 4.88 Å². The number of carbonyl (C=O) groups is 2. The highest BCUT2D eigenvalue weighted by atomic mass is 32.1. The monoisotopic (exact) mass is 242 g/mol. The van der Waals surface area contributed by atoms with Gasteiger partial charge < -0.3 is 15.8 Å². The number of hydrogen-bond acceptors (Lipinski definition) is 5. The number of rotatable bonds is 3. The summed E-state index contributed by atoms with van der Waals surface area (Å²) in [7, 11) is 1.30. The standard InChI is InChI=1S/C10H14N2O3S/c1-5-4-16-8(10(14)15-3)7(5)12-9(13)6(2)11/h4,6H,11H2,1-3H3,(H,12,13). The van der Waals surface area contributed by atoms with Crippen molar-refractivity contribution in [2.75, 3.05) is 12.4 Å². The highest BCUT2D eigenvalue weighted by Crippen LogP contribution is 2.28. The molecule has 1 amide bonds. The van der Waals surface area contributed by atoms with Crippen LogP contribution in [0, 0.1) is 6.92 Å². The lowest BCUT2D eigenvalue weighted by molar-refractivity contribution is -0.117. The summed E-state index contributed by atoms with van der Waals surface area (Å²) in [6.45, 7) is 3.38. The largest absolute Gasteiger partial charge is 0.465 e. The lowest BCUT2D eigenvalue weighted by Crippen LogP contribution is -2.33. The Balaban J connectivity index is 2.98. The van der Waals surface area contributed by atoms with Crippen LogP contribution in [0.2, 0.25) is 0 Å². The highest BCUT2D eigenvalue weighted by Gasteiger charge is 2.19. The van der Waals surface area contributed by atoms with E-state index in [1.54, 1.807) is 19.2 Å². The van der Waals surface area contributed by atoms with Crippen LogP contribution in [-0.4, -0.2) is 25.0 Å². The summed E-state index contributed by atoms with van der Waals surface area (Å²) >= 11 is 1.23. The van der Waals surface area contributed by atoms with Gasteiger partial charge in [-0.1, -0.05) is 0 Å². The van der Waals surface area contributed by atoms with Crippen LogP contribution >= 0.6 is 11.3 Å². The second-order valence-corrected chi connectivity index (χ2v) is 4.27. The van der Waals surface area contributed by atoms with Crippen LogP contribution in [0.5, 0.6) is 0 Å². The van der Waals surface area contributed by atoms with Crippen molar-refractivity contribution in [2.24, 2.45) is 5.73 Å². The average Bonchev–Trinajstić information content (AvgIpc) is 2.59. The third-order valence-electron chi connectivity index (χ3n) is 2.01. The molecule has 1 rings (SSSR count). The molecule has 0 bridgehead atoms. The molecule has 0 radical (unpaired) electrons. The van der Waals surface area contributed by atoms with E-state index in [0.29, 0.717) is 10.6 Å². The van der Waals surface area contributed by atoms with Crippen molar-refractivity contribution < 1.29 is 14.3 Å². The van der Waals surface area contributed by atoms with E-state index in [9.17, 15) is 9.59 Å². The van der Waals surface area contributed by atoms with Gasteiger partial charge in [0.25, 0.3) is 0 Å². The number of esters is 1. The maximum absolute atomic E-state index is 11.4. The number of nitrogens with two attached hydrogens (primary N) is 1. The van der Waals surface area contributed by atoms with Crippen molar-refractivity contribution in [1.82, 2.24) is 0 Å². The summed E-state index contributed by atoms with van der Waals surface area (Å²) in [4.78, 5) is 23.2. The molecule has 3 N–H and O–H groups in total. The Morgan fingerprint density at radius 2 is 2.19 bits per heavy atom. The quantitative estimate of drug-likeness (QED) is 0.778. The number of nitrogens with one attached hydrogen (secondary N) is 1. The Morgan fingerprint density at radius 1 is 1.56 bits per heavy atom. The van der Waals surface area contributed by atoms with Gasteiger partial charge >= 0.3 is 5.97 Å². The third kappa shape index (κ3) is 2.59. The first-order chi connectivity index (χ1) is 7.47. The van der Waals surface area contributed by atoms with Gasteiger partial charge in [0, 0.05) is 0 Å². The zero-order valence-electron chi connectivity index (χ0n) is 9.37. The highest BCUT2D eigenvalue weighted by molar-refractivity contribution is 7.12. The number of anilines is 1. The maximum atomic E-state index is 11.4. The first kappa shape index (κ1) is 12.7. The fourth-order valence-corrected chi connectivity index (χ4v) is 2.00. The second-order valence-electron chi connectivity index (χ2n) is 3.39. The molecule has 16 heavy (non-hydrogen) atoms. The topological polar surface area (TPSA) is 81.4 Å². The summed E-state index contributed by atoms with van der Waals surface area (Å²) in [6, 6.07) is -0.621. The number of ether oxygens (including phenoxy) is 1. The van der Waals surface area contributed by atoms with Gasteiger partial charge in [0.05, 0.1) is 18.8 Å². The van der Waals surface area contributed by atoms with Gasteiger partial charge in [0.2, 0.25) is 5.91 Å². The zero-order valence-corrected chi connectivity index (χ0v) is 10.2. The molecule has 0 saturated carbocycles. The Morgan fingerprint density at radius 3 is 2.69 bits per heavy atom. The summed E-state index contributed by atoms with van der Waals surface area (Å²) in [5, 5.41) is 4.40. The first-order valence-corrected chi connectivity index (χ1v) is 5.58. The predicted octanol–water partition coefficient (Wildman–Crippen LogP) is 1.13. The van der Waals surface area contributed by atoms with Gasteiger partial charge in [-0.25, -0.2) is 4.79 Å². The fraction of sp³-hybridized carbons (Fsp3) is 0.400. The molecule has 0 saturated heterocycles. The number of thiophene rings is 1. The molecule has 1 aromatic rings. The molecule has 1 aromatic heterocycles. The van der Waals surface area contributed by atoms with E-state index in [1.165, 1.54) is 18.4 Å². The summed E-state index contributed by atoms with van der Waals surface area (Å²) < 4.78 is 4.62. The minimum Gasteiger partial charge on any atom is -0.465 e. The van der Waals surface area contributed by atoms with Crippen molar-refractivity contribution in [1.29, 1.82) is 0 Å². The number of methoxy groups -OCH3 is 1. The van der Waals surface area contributed by atoms with E-state index in [0.717, 1.165) is 5.56 Å². The Hall–Kier alpha value is -1.40. The normalized spacial score (nSPS) is 12.0. The van der Waals surface area contributed by atoms with Crippen LogP contribution in [0.3, 0.4) is 0 Å².